The first kappa shape index (κ1) is 19.4. The number of anilines is 2. The van der Waals surface area contributed by atoms with Crippen molar-refractivity contribution in [1.29, 1.82) is 0 Å². The molecule has 0 unspecified atom stereocenters. The lowest BCUT2D eigenvalue weighted by Gasteiger charge is -2.35. The first-order valence-electron chi connectivity index (χ1n) is 9.70. The molecule has 6 heteroatoms. The number of nitrogens with one attached hydrogen (secondary N) is 2. The van der Waals surface area contributed by atoms with E-state index >= 15 is 0 Å². The summed E-state index contributed by atoms with van der Waals surface area (Å²) in [5, 5.41) is 6.35. The van der Waals surface area contributed by atoms with Gasteiger partial charge < -0.3 is 20.4 Å². The van der Waals surface area contributed by atoms with E-state index in [0.29, 0.717) is 0 Å². The highest BCUT2D eigenvalue weighted by atomic mass is 16.2. The molecule has 0 spiro atoms. The van der Waals surface area contributed by atoms with Crippen molar-refractivity contribution in [2.24, 2.45) is 5.41 Å². The molecule has 2 N–H and O–H groups in total. The van der Waals surface area contributed by atoms with Gasteiger partial charge in [0.15, 0.2) is 0 Å². The smallest absolute Gasteiger partial charge is 0.234 e. The normalized spacial score (nSPS) is 18.1. The maximum Gasteiger partial charge on any atom is 0.234 e. The number of hydrogen-bond donors (Lipinski definition) is 2. The van der Waals surface area contributed by atoms with E-state index < -0.39 is 5.41 Å². The van der Waals surface area contributed by atoms with Gasteiger partial charge in [-0.25, -0.2) is 0 Å². The Morgan fingerprint density at radius 2 is 1.74 bits per heavy atom. The Labute approximate surface area is 161 Å². The fourth-order valence-electron chi connectivity index (χ4n) is 3.66. The number of benzene rings is 1. The van der Waals surface area contributed by atoms with E-state index in [1.54, 1.807) is 6.92 Å². The first-order valence-corrected chi connectivity index (χ1v) is 9.70. The van der Waals surface area contributed by atoms with Crippen LogP contribution in [0.25, 0.3) is 0 Å². The number of carbonyl (C=O) groups is 2. The molecule has 0 aromatic heterocycles. The summed E-state index contributed by atoms with van der Waals surface area (Å²) in [5.74, 6) is 0.164. The fraction of sp³-hybridized carbons (Fsp3) is 0.524. The van der Waals surface area contributed by atoms with E-state index in [0.717, 1.165) is 57.1 Å². The predicted octanol–water partition coefficient (Wildman–Crippen LogP) is 2.24. The summed E-state index contributed by atoms with van der Waals surface area (Å²) in [7, 11) is 0. The molecule has 2 amide bonds. The third-order valence-electron chi connectivity index (χ3n) is 5.65. The number of piperazine rings is 1. The predicted molar refractivity (Wildman–Crippen MR) is 109 cm³/mol. The van der Waals surface area contributed by atoms with Gasteiger partial charge in [0.25, 0.3) is 0 Å². The van der Waals surface area contributed by atoms with Crippen LogP contribution in [0.5, 0.6) is 0 Å². The zero-order chi connectivity index (χ0) is 19.4. The standard InChI is InChI=1S/C21H30N4O2/c1-16(26)24-12-14-25(15-13-24)19-6-4-18(5-7-19)23-20(27)21(2,3)17-8-10-22-11-9-17/h4-8,22H,9-15H2,1-3H3,(H,23,27). The lowest BCUT2D eigenvalue weighted by molar-refractivity contribution is -0.129. The molecule has 1 saturated heterocycles. The lowest BCUT2D eigenvalue weighted by atomic mass is 9.80. The average molecular weight is 370 g/mol. The highest BCUT2D eigenvalue weighted by Gasteiger charge is 2.32. The van der Waals surface area contributed by atoms with Crippen molar-refractivity contribution in [3.05, 3.63) is 35.9 Å². The minimum atomic E-state index is -0.510. The monoisotopic (exact) mass is 370 g/mol. The molecular formula is C21H30N4O2. The Balaban J connectivity index is 1.60. The third-order valence-corrected chi connectivity index (χ3v) is 5.65. The van der Waals surface area contributed by atoms with E-state index in [1.165, 1.54) is 5.57 Å². The molecule has 3 rings (SSSR count). The SMILES string of the molecule is CC(=O)N1CCN(c2ccc(NC(=O)C(C)(C)C3=CCNCC3)cc2)CC1. The van der Waals surface area contributed by atoms with Gasteiger partial charge in [-0.15, -0.1) is 0 Å². The maximum atomic E-state index is 12.8. The zero-order valence-corrected chi connectivity index (χ0v) is 16.5. The number of rotatable bonds is 4. The minimum absolute atomic E-state index is 0.0264. The largest absolute Gasteiger partial charge is 0.368 e. The van der Waals surface area contributed by atoms with Crippen LogP contribution in [0.1, 0.15) is 27.2 Å². The van der Waals surface area contributed by atoms with E-state index in [4.69, 9.17) is 0 Å². The van der Waals surface area contributed by atoms with Crippen molar-refractivity contribution in [1.82, 2.24) is 10.2 Å². The molecule has 0 aliphatic carbocycles. The zero-order valence-electron chi connectivity index (χ0n) is 16.5. The van der Waals surface area contributed by atoms with Crippen molar-refractivity contribution < 1.29 is 9.59 Å². The summed E-state index contributed by atoms with van der Waals surface area (Å²) in [5.41, 5.74) is 2.62. The molecule has 27 heavy (non-hydrogen) atoms. The highest BCUT2D eigenvalue weighted by Crippen LogP contribution is 2.31. The van der Waals surface area contributed by atoms with Gasteiger partial charge in [-0.05, 0) is 51.1 Å². The highest BCUT2D eigenvalue weighted by molar-refractivity contribution is 5.97. The van der Waals surface area contributed by atoms with Crippen molar-refractivity contribution >= 4 is 23.2 Å². The molecule has 0 saturated carbocycles. The van der Waals surface area contributed by atoms with E-state index in [1.807, 2.05) is 43.0 Å². The lowest BCUT2D eigenvalue weighted by Crippen LogP contribution is -2.48. The van der Waals surface area contributed by atoms with Crippen LogP contribution in [0, 0.1) is 5.41 Å². The van der Waals surface area contributed by atoms with E-state index in [9.17, 15) is 9.59 Å². The van der Waals surface area contributed by atoms with Crippen LogP contribution in [0.2, 0.25) is 0 Å². The molecule has 1 aromatic carbocycles. The maximum absolute atomic E-state index is 12.8. The average Bonchev–Trinajstić information content (AvgIpc) is 2.69. The Hall–Kier alpha value is -2.34. The summed E-state index contributed by atoms with van der Waals surface area (Å²) in [6.07, 6.45) is 3.04. The summed E-state index contributed by atoms with van der Waals surface area (Å²) in [6.45, 7) is 10.5. The number of nitrogens with zero attached hydrogens (tertiary/aromatic N) is 2. The van der Waals surface area contributed by atoms with Gasteiger partial charge in [-0.1, -0.05) is 11.6 Å². The number of hydrogen-bond acceptors (Lipinski definition) is 4. The van der Waals surface area contributed by atoms with Crippen molar-refractivity contribution in [3.8, 4) is 0 Å². The summed E-state index contributed by atoms with van der Waals surface area (Å²) >= 11 is 0. The molecule has 2 heterocycles. The molecule has 0 atom stereocenters. The Bertz CT molecular complexity index is 716. The Kier molecular flexibility index (Phi) is 5.85. The van der Waals surface area contributed by atoms with Crippen molar-refractivity contribution in [3.63, 3.8) is 0 Å². The van der Waals surface area contributed by atoms with Crippen LogP contribution in [-0.2, 0) is 9.59 Å². The first-order chi connectivity index (χ1) is 12.9. The molecule has 2 aliphatic rings. The summed E-state index contributed by atoms with van der Waals surface area (Å²) < 4.78 is 0. The van der Waals surface area contributed by atoms with E-state index in [2.05, 4.69) is 21.6 Å². The van der Waals surface area contributed by atoms with Gasteiger partial charge >= 0.3 is 0 Å². The van der Waals surface area contributed by atoms with E-state index in [-0.39, 0.29) is 11.8 Å². The quantitative estimate of drug-likeness (QED) is 0.798. The molecule has 0 radical (unpaired) electrons. The minimum Gasteiger partial charge on any atom is -0.368 e. The van der Waals surface area contributed by atoms with Gasteiger partial charge in [0.1, 0.15) is 0 Å². The second-order valence-corrected chi connectivity index (χ2v) is 7.80. The van der Waals surface area contributed by atoms with Gasteiger partial charge in [0.2, 0.25) is 11.8 Å². The Morgan fingerprint density at radius 1 is 1.07 bits per heavy atom. The summed E-state index contributed by atoms with van der Waals surface area (Å²) in [6, 6.07) is 7.99. The van der Waals surface area contributed by atoms with Crippen LogP contribution >= 0.6 is 0 Å². The van der Waals surface area contributed by atoms with Crippen molar-refractivity contribution in [2.75, 3.05) is 49.5 Å². The summed E-state index contributed by atoms with van der Waals surface area (Å²) in [4.78, 5) is 28.4. The van der Waals surface area contributed by atoms with Gasteiger partial charge in [0, 0.05) is 51.0 Å². The van der Waals surface area contributed by atoms with Crippen LogP contribution in [0.4, 0.5) is 11.4 Å². The third kappa shape index (κ3) is 4.50. The van der Waals surface area contributed by atoms with Gasteiger partial charge in [-0.3, -0.25) is 9.59 Å². The fourth-order valence-corrected chi connectivity index (χ4v) is 3.66. The van der Waals surface area contributed by atoms with Crippen LogP contribution in [0.15, 0.2) is 35.9 Å². The van der Waals surface area contributed by atoms with Crippen LogP contribution < -0.4 is 15.5 Å². The second-order valence-electron chi connectivity index (χ2n) is 7.80. The van der Waals surface area contributed by atoms with Crippen LogP contribution in [-0.4, -0.2) is 56.0 Å². The molecule has 1 fully saturated rings. The molecule has 6 nitrogen and oxygen atoms in total. The van der Waals surface area contributed by atoms with Crippen molar-refractivity contribution in [2.45, 2.75) is 27.2 Å². The molecule has 146 valence electrons. The Morgan fingerprint density at radius 3 is 2.30 bits per heavy atom. The molecular weight excluding hydrogens is 340 g/mol. The van der Waals surface area contributed by atoms with Gasteiger partial charge in [0.05, 0.1) is 5.41 Å². The van der Waals surface area contributed by atoms with Gasteiger partial charge in [-0.2, -0.15) is 0 Å². The topological polar surface area (TPSA) is 64.7 Å². The molecule has 2 aliphatic heterocycles. The molecule has 1 aromatic rings. The molecule has 0 bridgehead atoms. The number of carbonyl (C=O) groups excluding carboxylic acids is 2. The number of amides is 2. The van der Waals surface area contributed by atoms with Crippen LogP contribution in [0.3, 0.4) is 0 Å². The second kappa shape index (κ2) is 8.13.